The zero-order valence-corrected chi connectivity index (χ0v) is 9.59. The Morgan fingerprint density at radius 2 is 2.21 bits per heavy atom. The highest BCUT2D eigenvalue weighted by molar-refractivity contribution is 7.91. The van der Waals surface area contributed by atoms with Crippen molar-refractivity contribution >= 4 is 9.84 Å². The van der Waals surface area contributed by atoms with Crippen LogP contribution in [-0.2, 0) is 9.84 Å². The van der Waals surface area contributed by atoms with E-state index in [-0.39, 0.29) is 12.5 Å². The Bertz CT molecular complexity index is 259. The van der Waals surface area contributed by atoms with Crippen molar-refractivity contribution in [2.75, 3.05) is 18.1 Å². The average Bonchev–Trinajstić information content (AvgIpc) is 2.12. The van der Waals surface area contributed by atoms with Crippen LogP contribution >= 0.6 is 0 Å². The normalized spacial score (nSPS) is 28.6. The zero-order chi connectivity index (χ0) is 10.6. The van der Waals surface area contributed by atoms with Crippen LogP contribution in [0, 0.1) is 11.8 Å². The van der Waals surface area contributed by atoms with E-state index in [1.165, 1.54) is 0 Å². The fourth-order valence-electron chi connectivity index (χ4n) is 2.37. The molecule has 0 radical (unpaired) electrons. The first-order chi connectivity index (χ1) is 6.59. The van der Waals surface area contributed by atoms with Gasteiger partial charge in [-0.2, -0.15) is 0 Å². The lowest BCUT2D eigenvalue weighted by Crippen LogP contribution is -2.30. The molecule has 1 heterocycles. The van der Waals surface area contributed by atoms with Crippen LogP contribution in [0.4, 0.5) is 0 Å². The van der Waals surface area contributed by atoms with Crippen molar-refractivity contribution < 1.29 is 13.5 Å². The third-order valence-corrected chi connectivity index (χ3v) is 5.04. The van der Waals surface area contributed by atoms with E-state index in [1.807, 2.05) is 0 Å². The van der Waals surface area contributed by atoms with Crippen molar-refractivity contribution in [2.45, 2.75) is 32.6 Å². The second kappa shape index (κ2) is 5.12. The molecule has 2 unspecified atom stereocenters. The molecule has 1 aliphatic heterocycles. The van der Waals surface area contributed by atoms with Gasteiger partial charge in [0.1, 0.15) is 0 Å². The summed E-state index contributed by atoms with van der Waals surface area (Å²) in [6.07, 6.45) is 3.53. The fourth-order valence-corrected chi connectivity index (χ4v) is 4.23. The number of hydrogen-bond donors (Lipinski definition) is 1. The molecule has 4 heteroatoms. The summed E-state index contributed by atoms with van der Waals surface area (Å²) >= 11 is 0. The molecule has 0 spiro atoms. The first-order valence-corrected chi connectivity index (χ1v) is 7.22. The smallest absolute Gasteiger partial charge is 0.150 e. The molecule has 0 aromatic rings. The third-order valence-electron chi connectivity index (χ3n) is 3.19. The van der Waals surface area contributed by atoms with Gasteiger partial charge in [-0.05, 0) is 31.1 Å². The SMILES string of the molecule is CCC(CCO)C1CCCS(=O)(=O)C1. The maximum atomic E-state index is 11.4. The lowest BCUT2D eigenvalue weighted by molar-refractivity contribution is 0.214. The number of hydrogen-bond acceptors (Lipinski definition) is 3. The number of aliphatic hydroxyl groups excluding tert-OH is 1. The Morgan fingerprint density at radius 3 is 2.71 bits per heavy atom. The largest absolute Gasteiger partial charge is 0.396 e. The molecule has 0 aromatic heterocycles. The van der Waals surface area contributed by atoms with Crippen LogP contribution < -0.4 is 0 Å². The minimum Gasteiger partial charge on any atom is -0.396 e. The molecule has 0 saturated carbocycles. The Kier molecular flexibility index (Phi) is 4.38. The number of rotatable bonds is 4. The van der Waals surface area contributed by atoms with Crippen LogP contribution in [0.15, 0.2) is 0 Å². The monoisotopic (exact) mass is 220 g/mol. The summed E-state index contributed by atoms with van der Waals surface area (Å²) in [4.78, 5) is 0. The highest BCUT2D eigenvalue weighted by Crippen LogP contribution is 2.29. The van der Waals surface area contributed by atoms with Crippen molar-refractivity contribution in [2.24, 2.45) is 11.8 Å². The molecule has 0 bridgehead atoms. The molecule has 0 aliphatic carbocycles. The van der Waals surface area contributed by atoms with Crippen LogP contribution in [0.2, 0.25) is 0 Å². The summed E-state index contributed by atoms with van der Waals surface area (Å²) in [6.45, 7) is 2.25. The minimum absolute atomic E-state index is 0.176. The van der Waals surface area contributed by atoms with Crippen LogP contribution in [0.1, 0.15) is 32.6 Å². The summed E-state index contributed by atoms with van der Waals surface area (Å²) in [7, 11) is -2.79. The predicted octanol–water partition coefficient (Wildman–Crippen LogP) is 1.22. The van der Waals surface area contributed by atoms with Crippen molar-refractivity contribution in [1.82, 2.24) is 0 Å². The molecule has 0 aromatic carbocycles. The highest BCUT2D eigenvalue weighted by atomic mass is 32.2. The molecular weight excluding hydrogens is 200 g/mol. The molecule has 0 amide bonds. The van der Waals surface area contributed by atoms with Gasteiger partial charge in [-0.1, -0.05) is 13.3 Å². The molecule has 14 heavy (non-hydrogen) atoms. The van der Waals surface area contributed by atoms with E-state index >= 15 is 0 Å². The minimum atomic E-state index is -2.79. The number of sulfone groups is 1. The lowest BCUT2D eigenvalue weighted by Gasteiger charge is -2.28. The van der Waals surface area contributed by atoms with Crippen molar-refractivity contribution in [3.63, 3.8) is 0 Å². The highest BCUT2D eigenvalue weighted by Gasteiger charge is 2.29. The third kappa shape index (κ3) is 3.24. The van der Waals surface area contributed by atoms with Gasteiger partial charge in [-0.15, -0.1) is 0 Å². The molecule has 2 atom stereocenters. The molecule has 3 nitrogen and oxygen atoms in total. The fraction of sp³-hybridized carbons (Fsp3) is 1.00. The summed E-state index contributed by atoms with van der Waals surface area (Å²) in [5.41, 5.74) is 0. The predicted molar refractivity (Wildman–Crippen MR) is 56.9 cm³/mol. The summed E-state index contributed by atoms with van der Waals surface area (Å²) < 4.78 is 22.8. The second-order valence-electron chi connectivity index (χ2n) is 4.20. The summed E-state index contributed by atoms with van der Waals surface area (Å²) in [5.74, 6) is 1.37. The Labute approximate surface area is 86.4 Å². The lowest BCUT2D eigenvalue weighted by atomic mass is 9.85. The average molecular weight is 220 g/mol. The molecular formula is C10H20O3S. The van der Waals surface area contributed by atoms with Gasteiger partial charge < -0.3 is 5.11 Å². The van der Waals surface area contributed by atoms with Gasteiger partial charge in [0.15, 0.2) is 9.84 Å². The Balaban J connectivity index is 2.57. The van der Waals surface area contributed by atoms with E-state index < -0.39 is 9.84 Å². The molecule has 1 rings (SSSR count). The van der Waals surface area contributed by atoms with E-state index in [9.17, 15) is 8.42 Å². The molecule has 84 valence electrons. The van der Waals surface area contributed by atoms with Crippen molar-refractivity contribution in [3.8, 4) is 0 Å². The quantitative estimate of drug-likeness (QED) is 0.775. The van der Waals surface area contributed by atoms with E-state index in [0.717, 1.165) is 25.7 Å². The molecule has 1 N–H and O–H groups in total. The second-order valence-corrected chi connectivity index (χ2v) is 6.43. The maximum absolute atomic E-state index is 11.4. The van der Waals surface area contributed by atoms with Crippen LogP contribution in [0.3, 0.4) is 0 Å². The first-order valence-electron chi connectivity index (χ1n) is 5.40. The molecule has 1 aliphatic rings. The Morgan fingerprint density at radius 1 is 1.50 bits per heavy atom. The van der Waals surface area contributed by atoms with E-state index in [1.54, 1.807) is 0 Å². The standard InChI is InChI=1S/C10H20O3S/c1-2-9(5-6-11)10-4-3-7-14(12,13)8-10/h9-11H,2-8H2,1H3. The van der Waals surface area contributed by atoms with Gasteiger partial charge in [0, 0.05) is 6.61 Å². The van der Waals surface area contributed by atoms with Crippen LogP contribution in [0.5, 0.6) is 0 Å². The van der Waals surface area contributed by atoms with Gasteiger partial charge in [-0.3, -0.25) is 0 Å². The zero-order valence-electron chi connectivity index (χ0n) is 8.78. The van der Waals surface area contributed by atoms with Crippen LogP contribution in [0.25, 0.3) is 0 Å². The van der Waals surface area contributed by atoms with Gasteiger partial charge >= 0.3 is 0 Å². The van der Waals surface area contributed by atoms with Crippen LogP contribution in [-0.4, -0.2) is 31.6 Å². The Hall–Kier alpha value is -0.0900. The van der Waals surface area contributed by atoms with E-state index in [2.05, 4.69) is 6.92 Å². The summed E-state index contributed by atoms with van der Waals surface area (Å²) in [5, 5.41) is 8.88. The van der Waals surface area contributed by atoms with Gasteiger partial charge in [-0.25, -0.2) is 8.42 Å². The molecule has 1 saturated heterocycles. The van der Waals surface area contributed by atoms with Crippen molar-refractivity contribution in [3.05, 3.63) is 0 Å². The van der Waals surface area contributed by atoms with E-state index in [0.29, 0.717) is 17.4 Å². The molecule has 1 fully saturated rings. The summed E-state index contributed by atoms with van der Waals surface area (Å²) in [6, 6.07) is 0. The van der Waals surface area contributed by atoms with Gasteiger partial charge in [0.25, 0.3) is 0 Å². The van der Waals surface area contributed by atoms with Gasteiger partial charge in [0.2, 0.25) is 0 Å². The maximum Gasteiger partial charge on any atom is 0.150 e. The first kappa shape index (κ1) is 12.0. The van der Waals surface area contributed by atoms with E-state index in [4.69, 9.17) is 5.11 Å². The number of aliphatic hydroxyl groups is 1. The topological polar surface area (TPSA) is 54.4 Å². The van der Waals surface area contributed by atoms with Gasteiger partial charge in [0.05, 0.1) is 11.5 Å². The van der Waals surface area contributed by atoms with Crippen molar-refractivity contribution in [1.29, 1.82) is 0 Å².